The SMILES string of the molecule is C=Cc1ccc(CN(C)[Si](C)(C)C(C)(C)C)cc1. The van der Waals surface area contributed by atoms with Crippen LogP contribution in [0.1, 0.15) is 31.9 Å². The van der Waals surface area contributed by atoms with E-state index in [9.17, 15) is 0 Å². The maximum atomic E-state index is 3.79. The Balaban J connectivity index is 2.80. The molecule has 18 heavy (non-hydrogen) atoms. The minimum absolute atomic E-state index is 0.392. The lowest BCUT2D eigenvalue weighted by Crippen LogP contribution is -2.52. The lowest BCUT2D eigenvalue weighted by Gasteiger charge is -2.44. The van der Waals surface area contributed by atoms with Crippen molar-refractivity contribution in [1.82, 2.24) is 4.57 Å². The van der Waals surface area contributed by atoms with Gasteiger partial charge in [0.05, 0.1) is 0 Å². The number of rotatable bonds is 4. The van der Waals surface area contributed by atoms with Crippen LogP contribution >= 0.6 is 0 Å². The van der Waals surface area contributed by atoms with Gasteiger partial charge in [-0.3, -0.25) is 0 Å². The third-order valence-electron chi connectivity index (χ3n) is 4.42. The summed E-state index contributed by atoms with van der Waals surface area (Å²) in [5, 5.41) is 0.392. The molecule has 0 aliphatic heterocycles. The molecule has 1 aromatic rings. The van der Waals surface area contributed by atoms with Gasteiger partial charge in [0.1, 0.15) is 8.24 Å². The standard InChI is InChI=1S/C16H27NSi/c1-8-14-9-11-15(12-10-14)13-17(5)18(6,7)16(2,3)4/h8-12H,1,13H2,2-7H3. The zero-order chi connectivity index (χ0) is 14.0. The predicted octanol–water partition coefficient (Wildman–Crippen LogP) is 4.77. The van der Waals surface area contributed by atoms with E-state index in [0.29, 0.717) is 5.04 Å². The van der Waals surface area contributed by atoms with Gasteiger partial charge in [-0.25, -0.2) is 0 Å². The molecule has 0 unspecified atom stereocenters. The Morgan fingerprint density at radius 1 is 1.17 bits per heavy atom. The van der Waals surface area contributed by atoms with Gasteiger partial charge in [-0.2, -0.15) is 0 Å². The van der Waals surface area contributed by atoms with Gasteiger partial charge in [0.2, 0.25) is 0 Å². The summed E-state index contributed by atoms with van der Waals surface area (Å²) in [5.74, 6) is 0. The molecule has 0 atom stereocenters. The normalized spacial score (nSPS) is 12.8. The van der Waals surface area contributed by atoms with Crippen LogP contribution in [-0.4, -0.2) is 19.8 Å². The number of nitrogens with zero attached hydrogens (tertiary/aromatic N) is 1. The molecule has 0 amide bonds. The van der Waals surface area contributed by atoms with E-state index in [0.717, 1.165) is 6.54 Å². The lowest BCUT2D eigenvalue weighted by molar-refractivity contribution is 0.464. The van der Waals surface area contributed by atoms with Gasteiger partial charge in [0.15, 0.2) is 0 Å². The number of benzene rings is 1. The average molecular weight is 261 g/mol. The van der Waals surface area contributed by atoms with Crippen molar-refractivity contribution in [1.29, 1.82) is 0 Å². The molecule has 1 rings (SSSR count). The first-order valence-electron chi connectivity index (χ1n) is 6.61. The Labute approximate surface area is 114 Å². The van der Waals surface area contributed by atoms with Crippen molar-refractivity contribution in [2.45, 2.75) is 45.4 Å². The van der Waals surface area contributed by atoms with Crippen LogP contribution < -0.4 is 0 Å². The first kappa shape index (κ1) is 15.2. The lowest BCUT2D eigenvalue weighted by atomic mass is 10.1. The van der Waals surface area contributed by atoms with E-state index < -0.39 is 8.24 Å². The van der Waals surface area contributed by atoms with E-state index in [4.69, 9.17) is 0 Å². The molecule has 0 spiro atoms. The maximum absolute atomic E-state index is 3.79. The first-order chi connectivity index (χ1) is 8.18. The summed E-state index contributed by atoms with van der Waals surface area (Å²) in [6, 6.07) is 8.70. The Hall–Kier alpha value is -0.863. The molecular formula is C16H27NSi. The zero-order valence-electron chi connectivity index (χ0n) is 12.7. The van der Waals surface area contributed by atoms with E-state index in [-0.39, 0.29) is 0 Å². The highest BCUT2D eigenvalue weighted by atomic mass is 28.3. The van der Waals surface area contributed by atoms with Crippen molar-refractivity contribution in [3.05, 3.63) is 42.0 Å². The molecule has 0 bridgehead atoms. The van der Waals surface area contributed by atoms with Gasteiger partial charge in [0.25, 0.3) is 0 Å². The first-order valence-corrected chi connectivity index (χ1v) is 9.56. The van der Waals surface area contributed by atoms with Crippen LogP contribution in [0, 0.1) is 0 Å². The maximum Gasteiger partial charge on any atom is 0.127 e. The highest BCUT2D eigenvalue weighted by molar-refractivity contribution is 6.77. The summed E-state index contributed by atoms with van der Waals surface area (Å²) in [5.41, 5.74) is 2.57. The molecule has 0 heterocycles. The molecule has 0 aliphatic rings. The van der Waals surface area contributed by atoms with Crippen LogP contribution in [-0.2, 0) is 6.54 Å². The highest BCUT2D eigenvalue weighted by Gasteiger charge is 2.38. The second-order valence-electron chi connectivity index (χ2n) is 6.61. The van der Waals surface area contributed by atoms with E-state index >= 15 is 0 Å². The quantitative estimate of drug-likeness (QED) is 0.706. The molecule has 100 valence electrons. The third-order valence-corrected chi connectivity index (χ3v) is 10.2. The van der Waals surface area contributed by atoms with Crippen LogP contribution in [0.3, 0.4) is 0 Å². The molecule has 0 radical (unpaired) electrons. The molecule has 1 nitrogen and oxygen atoms in total. The van der Waals surface area contributed by atoms with Gasteiger partial charge in [-0.15, -0.1) is 0 Å². The summed E-state index contributed by atoms with van der Waals surface area (Å²) in [7, 11) is 0.863. The summed E-state index contributed by atoms with van der Waals surface area (Å²) in [6.45, 7) is 16.8. The van der Waals surface area contributed by atoms with Gasteiger partial charge in [-0.1, -0.05) is 70.8 Å². The zero-order valence-corrected chi connectivity index (χ0v) is 13.7. The molecule has 0 saturated heterocycles. The fourth-order valence-corrected chi connectivity index (χ4v) is 3.53. The van der Waals surface area contributed by atoms with E-state index in [1.165, 1.54) is 11.1 Å². The molecule has 0 aliphatic carbocycles. The molecule has 0 fully saturated rings. The molecule has 1 aromatic carbocycles. The van der Waals surface area contributed by atoms with Crippen molar-refractivity contribution >= 4 is 14.3 Å². The van der Waals surface area contributed by atoms with Crippen molar-refractivity contribution < 1.29 is 0 Å². The van der Waals surface area contributed by atoms with Gasteiger partial charge < -0.3 is 4.57 Å². The van der Waals surface area contributed by atoms with Gasteiger partial charge in [-0.05, 0) is 23.2 Å². The van der Waals surface area contributed by atoms with Crippen molar-refractivity contribution in [2.24, 2.45) is 0 Å². The highest BCUT2D eigenvalue weighted by Crippen LogP contribution is 2.38. The summed E-state index contributed by atoms with van der Waals surface area (Å²) in [4.78, 5) is 0. The Morgan fingerprint density at radius 2 is 1.67 bits per heavy atom. The van der Waals surface area contributed by atoms with E-state index in [1.807, 2.05) is 6.08 Å². The summed E-state index contributed by atoms with van der Waals surface area (Å²) >= 11 is 0. The molecule has 2 heteroatoms. The average Bonchev–Trinajstić information content (AvgIpc) is 2.28. The smallest absolute Gasteiger partial charge is 0.127 e. The van der Waals surface area contributed by atoms with Crippen molar-refractivity contribution in [3.63, 3.8) is 0 Å². The Bertz CT molecular complexity index is 398. The summed E-state index contributed by atoms with van der Waals surface area (Å²) in [6.07, 6.45) is 1.89. The topological polar surface area (TPSA) is 3.24 Å². The van der Waals surface area contributed by atoms with Gasteiger partial charge >= 0.3 is 0 Å². The second kappa shape index (κ2) is 5.41. The second-order valence-corrected chi connectivity index (χ2v) is 12.0. The summed E-state index contributed by atoms with van der Waals surface area (Å²) < 4.78 is 2.57. The number of hydrogen-bond acceptors (Lipinski definition) is 1. The van der Waals surface area contributed by atoms with Crippen LogP contribution in [0.5, 0.6) is 0 Å². The monoisotopic (exact) mass is 261 g/mol. The minimum Gasteiger partial charge on any atom is -0.322 e. The van der Waals surface area contributed by atoms with E-state index in [2.05, 4.69) is 76.3 Å². The Kier molecular flexibility index (Phi) is 4.57. The molecule has 0 N–H and O–H groups in total. The van der Waals surface area contributed by atoms with Crippen LogP contribution in [0.4, 0.5) is 0 Å². The van der Waals surface area contributed by atoms with Crippen molar-refractivity contribution in [3.8, 4) is 0 Å². The number of hydrogen-bond donors (Lipinski definition) is 0. The largest absolute Gasteiger partial charge is 0.322 e. The molecule has 0 aromatic heterocycles. The Morgan fingerprint density at radius 3 is 2.06 bits per heavy atom. The van der Waals surface area contributed by atoms with Crippen LogP contribution in [0.15, 0.2) is 30.8 Å². The van der Waals surface area contributed by atoms with Crippen LogP contribution in [0.25, 0.3) is 6.08 Å². The molecular weight excluding hydrogens is 234 g/mol. The third kappa shape index (κ3) is 3.33. The fraction of sp³-hybridized carbons (Fsp3) is 0.500. The minimum atomic E-state index is -1.40. The van der Waals surface area contributed by atoms with Crippen molar-refractivity contribution in [2.75, 3.05) is 7.05 Å². The van der Waals surface area contributed by atoms with E-state index in [1.54, 1.807) is 0 Å². The molecule has 0 saturated carbocycles. The van der Waals surface area contributed by atoms with Gasteiger partial charge in [0, 0.05) is 6.54 Å². The fourth-order valence-electron chi connectivity index (χ4n) is 1.80. The predicted molar refractivity (Wildman–Crippen MR) is 85.2 cm³/mol. The van der Waals surface area contributed by atoms with Crippen LogP contribution in [0.2, 0.25) is 18.1 Å².